The number of primary sulfonamides is 1. The van der Waals surface area contributed by atoms with E-state index in [1.807, 2.05) is 0 Å². The van der Waals surface area contributed by atoms with E-state index in [2.05, 4.69) is 14.5 Å². The maximum atomic E-state index is 12.1. The van der Waals surface area contributed by atoms with Crippen LogP contribution in [0, 0.1) is 6.92 Å². The van der Waals surface area contributed by atoms with Crippen molar-refractivity contribution in [3.8, 4) is 11.5 Å². The lowest BCUT2D eigenvalue weighted by Gasteiger charge is -2.14. The highest BCUT2D eigenvalue weighted by molar-refractivity contribution is 7.89. The van der Waals surface area contributed by atoms with Crippen LogP contribution in [0.5, 0.6) is 11.5 Å². The van der Waals surface area contributed by atoms with Gasteiger partial charge in [0.05, 0.1) is 13.3 Å². The summed E-state index contributed by atoms with van der Waals surface area (Å²) in [5.74, 6) is -1.05. The van der Waals surface area contributed by atoms with Gasteiger partial charge in [-0.2, -0.15) is 0 Å². The van der Waals surface area contributed by atoms with Gasteiger partial charge in [-0.1, -0.05) is 0 Å². The first kappa shape index (κ1) is 14.5. The molecular formula is C8H9F3N2O4S. The minimum absolute atomic E-state index is 0.172. The van der Waals surface area contributed by atoms with Crippen molar-refractivity contribution < 1.29 is 31.1 Å². The fourth-order valence-corrected chi connectivity index (χ4v) is 1.91. The monoisotopic (exact) mass is 286 g/mol. The van der Waals surface area contributed by atoms with E-state index >= 15 is 0 Å². The predicted molar refractivity (Wildman–Crippen MR) is 53.6 cm³/mol. The molecule has 0 aromatic carbocycles. The first-order valence-corrected chi connectivity index (χ1v) is 5.93. The highest BCUT2D eigenvalue weighted by atomic mass is 32.2. The summed E-state index contributed by atoms with van der Waals surface area (Å²) in [6, 6.07) is 0. The molecular weight excluding hydrogens is 277 g/mol. The molecule has 0 spiro atoms. The highest BCUT2D eigenvalue weighted by Gasteiger charge is 2.33. The first-order chi connectivity index (χ1) is 8.06. The number of hydrogen-bond donors (Lipinski definition) is 1. The normalized spacial score (nSPS) is 12.3. The summed E-state index contributed by atoms with van der Waals surface area (Å²) in [6.07, 6.45) is -4.30. The Hall–Kier alpha value is -1.55. The third-order valence-electron chi connectivity index (χ3n) is 1.90. The summed E-state index contributed by atoms with van der Waals surface area (Å²) >= 11 is 0. The molecule has 0 aliphatic carbocycles. The second-order valence-electron chi connectivity index (χ2n) is 3.18. The Morgan fingerprint density at radius 1 is 1.39 bits per heavy atom. The molecule has 0 aliphatic heterocycles. The maximum Gasteiger partial charge on any atom is 0.573 e. The molecule has 0 unspecified atom stereocenters. The van der Waals surface area contributed by atoms with Gasteiger partial charge in [-0.25, -0.2) is 18.5 Å². The second-order valence-corrected chi connectivity index (χ2v) is 4.66. The topological polar surface area (TPSA) is 91.5 Å². The molecule has 1 rings (SSSR count). The van der Waals surface area contributed by atoms with Gasteiger partial charge in [0, 0.05) is 5.56 Å². The molecule has 1 aromatic rings. The van der Waals surface area contributed by atoms with Crippen molar-refractivity contribution in [1.29, 1.82) is 0 Å². The molecule has 0 bridgehead atoms. The number of aromatic nitrogens is 1. The van der Waals surface area contributed by atoms with Crippen molar-refractivity contribution in [3.05, 3.63) is 11.8 Å². The summed E-state index contributed by atoms with van der Waals surface area (Å²) in [6.45, 7) is 1.19. The number of nitrogens with two attached hydrogens (primary N) is 1. The van der Waals surface area contributed by atoms with Crippen molar-refractivity contribution in [3.63, 3.8) is 0 Å². The summed E-state index contributed by atoms with van der Waals surface area (Å²) in [5, 5.41) is 4.19. The molecule has 102 valence electrons. The van der Waals surface area contributed by atoms with Gasteiger partial charge in [0.2, 0.25) is 5.03 Å². The minimum atomic E-state index is -4.92. The second kappa shape index (κ2) is 4.61. The molecule has 1 heterocycles. The number of ether oxygens (including phenoxy) is 2. The quantitative estimate of drug-likeness (QED) is 0.893. The predicted octanol–water partition coefficient (Wildman–Crippen LogP) is 0.945. The number of nitrogens with zero attached hydrogens (tertiary/aromatic N) is 1. The third-order valence-corrected chi connectivity index (χ3v) is 2.73. The molecule has 0 atom stereocenters. The lowest BCUT2D eigenvalue weighted by molar-refractivity contribution is -0.275. The number of sulfonamides is 1. The average molecular weight is 286 g/mol. The molecule has 0 fully saturated rings. The molecule has 0 radical (unpaired) electrons. The van der Waals surface area contributed by atoms with E-state index in [1.54, 1.807) is 0 Å². The molecule has 0 saturated carbocycles. The summed E-state index contributed by atoms with van der Waals surface area (Å²) in [7, 11) is -3.12. The van der Waals surface area contributed by atoms with Crippen molar-refractivity contribution >= 4 is 10.0 Å². The third kappa shape index (κ3) is 3.23. The SMILES string of the molecule is COc1c(S(N)(=O)=O)ncc(OC(F)(F)F)c1C. The van der Waals surface area contributed by atoms with Gasteiger partial charge in [-0.05, 0) is 6.92 Å². The molecule has 1 aromatic heterocycles. The zero-order chi connectivity index (χ0) is 14.1. The Labute approximate surface area is 101 Å². The Morgan fingerprint density at radius 2 is 1.94 bits per heavy atom. The zero-order valence-electron chi connectivity index (χ0n) is 9.28. The van der Waals surface area contributed by atoms with Crippen LogP contribution >= 0.6 is 0 Å². The van der Waals surface area contributed by atoms with Gasteiger partial charge >= 0.3 is 6.36 Å². The number of methoxy groups -OCH3 is 1. The lowest BCUT2D eigenvalue weighted by Crippen LogP contribution is -2.20. The van der Waals surface area contributed by atoms with Gasteiger partial charge in [0.1, 0.15) is 0 Å². The minimum Gasteiger partial charge on any atom is -0.493 e. The summed E-state index contributed by atoms with van der Waals surface area (Å²) in [5.41, 5.74) is -0.172. The van der Waals surface area contributed by atoms with Gasteiger partial charge in [0.25, 0.3) is 10.0 Å². The van der Waals surface area contributed by atoms with Crippen molar-refractivity contribution in [1.82, 2.24) is 4.98 Å². The smallest absolute Gasteiger partial charge is 0.493 e. The average Bonchev–Trinajstić information content (AvgIpc) is 2.17. The van der Waals surface area contributed by atoms with E-state index in [0.717, 1.165) is 7.11 Å². The van der Waals surface area contributed by atoms with Crippen molar-refractivity contribution in [2.24, 2.45) is 5.14 Å². The van der Waals surface area contributed by atoms with Crippen LogP contribution in [-0.4, -0.2) is 26.9 Å². The molecule has 18 heavy (non-hydrogen) atoms. The molecule has 0 saturated heterocycles. The largest absolute Gasteiger partial charge is 0.573 e. The molecule has 2 N–H and O–H groups in total. The van der Waals surface area contributed by atoms with E-state index in [9.17, 15) is 21.6 Å². The van der Waals surface area contributed by atoms with Crippen LogP contribution in [0.15, 0.2) is 11.2 Å². The van der Waals surface area contributed by atoms with Crippen LogP contribution in [0.4, 0.5) is 13.2 Å². The number of hydrogen-bond acceptors (Lipinski definition) is 5. The number of pyridine rings is 1. The number of alkyl halides is 3. The Bertz CT molecular complexity index is 556. The highest BCUT2D eigenvalue weighted by Crippen LogP contribution is 2.34. The standard InChI is InChI=1S/C8H9F3N2O4S/c1-4-5(17-8(9,10)11)3-13-7(6(4)16-2)18(12,14)15/h3H,1-2H3,(H2,12,14,15). The zero-order valence-corrected chi connectivity index (χ0v) is 10.1. The van der Waals surface area contributed by atoms with Crippen LogP contribution < -0.4 is 14.6 Å². The van der Waals surface area contributed by atoms with Crippen LogP contribution in [-0.2, 0) is 10.0 Å². The van der Waals surface area contributed by atoms with E-state index in [0.29, 0.717) is 6.20 Å². The maximum absolute atomic E-state index is 12.1. The van der Waals surface area contributed by atoms with E-state index in [-0.39, 0.29) is 11.3 Å². The fourth-order valence-electron chi connectivity index (χ4n) is 1.22. The first-order valence-electron chi connectivity index (χ1n) is 4.38. The Kier molecular flexibility index (Phi) is 3.72. The van der Waals surface area contributed by atoms with E-state index in [1.165, 1.54) is 6.92 Å². The molecule has 0 aliphatic rings. The van der Waals surface area contributed by atoms with Gasteiger partial charge in [-0.15, -0.1) is 13.2 Å². The van der Waals surface area contributed by atoms with Gasteiger partial charge in [0.15, 0.2) is 11.5 Å². The number of halogens is 3. The van der Waals surface area contributed by atoms with Gasteiger partial charge < -0.3 is 9.47 Å². The Morgan fingerprint density at radius 3 is 2.33 bits per heavy atom. The van der Waals surface area contributed by atoms with Crippen molar-refractivity contribution in [2.75, 3.05) is 7.11 Å². The fraction of sp³-hybridized carbons (Fsp3) is 0.375. The van der Waals surface area contributed by atoms with Crippen LogP contribution in [0.25, 0.3) is 0 Å². The van der Waals surface area contributed by atoms with E-state index < -0.39 is 27.2 Å². The summed E-state index contributed by atoms with van der Waals surface area (Å²) in [4.78, 5) is 3.30. The molecule has 0 amide bonds. The summed E-state index contributed by atoms with van der Waals surface area (Å²) < 4.78 is 66.8. The van der Waals surface area contributed by atoms with Gasteiger partial charge in [-0.3, -0.25) is 0 Å². The van der Waals surface area contributed by atoms with Crippen LogP contribution in [0.2, 0.25) is 0 Å². The lowest BCUT2D eigenvalue weighted by atomic mass is 10.2. The van der Waals surface area contributed by atoms with E-state index in [4.69, 9.17) is 5.14 Å². The molecule has 10 heteroatoms. The van der Waals surface area contributed by atoms with Crippen LogP contribution in [0.1, 0.15) is 5.56 Å². The molecule has 6 nitrogen and oxygen atoms in total. The van der Waals surface area contributed by atoms with Crippen LogP contribution in [0.3, 0.4) is 0 Å². The Balaban J connectivity index is 3.39. The number of rotatable bonds is 3. The van der Waals surface area contributed by atoms with Crippen molar-refractivity contribution in [2.45, 2.75) is 18.3 Å².